The first-order valence-corrected chi connectivity index (χ1v) is 10.9. The van der Waals surface area contributed by atoms with Crippen molar-refractivity contribution in [2.75, 3.05) is 7.11 Å². The lowest BCUT2D eigenvalue weighted by Crippen LogP contribution is -2.26. The minimum absolute atomic E-state index is 0.171. The number of fused-ring (bicyclic) bond motifs is 1. The first kappa shape index (κ1) is 20.2. The van der Waals surface area contributed by atoms with Gasteiger partial charge in [-0.1, -0.05) is 24.3 Å². The molecule has 32 heavy (non-hydrogen) atoms. The maximum atomic E-state index is 13.8. The van der Waals surface area contributed by atoms with E-state index >= 15 is 0 Å². The van der Waals surface area contributed by atoms with Gasteiger partial charge in [0.2, 0.25) is 0 Å². The normalized spacial score (nSPS) is 11.2. The Balaban J connectivity index is 1.66. The van der Waals surface area contributed by atoms with Gasteiger partial charge >= 0.3 is 0 Å². The van der Waals surface area contributed by atoms with Gasteiger partial charge in [0.15, 0.2) is 0 Å². The number of halogens is 1. The van der Waals surface area contributed by atoms with E-state index in [1.807, 2.05) is 35.7 Å². The average Bonchev–Trinajstić information content (AvgIpc) is 3.47. The average molecular weight is 447 g/mol. The Kier molecular flexibility index (Phi) is 5.33. The van der Waals surface area contributed by atoms with Crippen molar-refractivity contribution in [2.45, 2.75) is 13.0 Å². The smallest absolute Gasteiger partial charge is 0.263 e. The van der Waals surface area contributed by atoms with Crippen LogP contribution in [0.3, 0.4) is 0 Å². The van der Waals surface area contributed by atoms with Crippen LogP contribution in [0.25, 0.3) is 21.5 Å². The van der Waals surface area contributed by atoms with Crippen LogP contribution in [-0.4, -0.2) is 16.7 Å². The summed E-state index contributed by atoms with van der Waals surface area (Å²) in [5.41, 5.74) is 2.23. The largest absolute Gasteiger partial charge is 0.497 e. The molecule has 0 bridgehead atoms. The van der Waals surface area contributed by atoms with Gasteiger partial charge in [0.25, 0.3) is 5.56 Å². The van der Waals surface area contributed by atoms with Crippen molar-refractivity contribution in [2.24, 2.45) is 0 Å². The maximum absolute atomic E-state index is 13.8. The van der Waals surface area contributed by atoms with E-state index < -0.39 is 0 Å². The topological polar surface area (TPSA) is 57.3 Å². The molecule has 0 amide bonds. The number of benzene rings is 2. The summed E-state index contributed by atoms with van der Waals surface area (Å²) in [5.74, 6) is 1.66. The Bertz CT molecular complexity index is 1440. The van der Waals surface area contributed by atoms with Crippen LogP contribution in [0.15, 0.2) is 81.5 Å². The zero-order chi connectivity index (χ0) is 22.1. The molecule has 5 aromatic rings. The minimum atomic E-state index is -0.340. The fourth-order valence-electron chi connectivity index (χ4n) is 3.72. The second-order valence-electron chi connectivity index (χ2n) is 7.38. The Labute approximate surface area is 187 Å². The number of aromatic nitrogens is 2. The second-order valence-corrected chi connectivity index (χ2v) is 8.24. The first-order chi connectivity index (χ1) is 15.6. The minimum Gasteiger partial charge on any atom is -0.497 e. The predicted molar refractivity (Wildman–Crippen MR) is 123 cm³/mol. The van der Waals surface area contributed by atoms with Gasteiger partial charge in [-0.3, -0.25) is 9.36 Å². The van der Waals surface area contributed by atoms with Gasteiger partial charge in [-0.25, -0.2) is 9.37 Å². The molecule has 0 aliphatic carbocycles. The summed E-state index contributed by atoms with van der Waals surface area (Å²) in [6.45, 7) is 0.221. The Hall–Kier alpha value is -3.71. The van der Waals surface area contributed by atoms with Crippen molar-refractivity contribution in [3.8, 4) is 17.1 Å². The van der Waals surface area contributed by atoms with Crippen molar-refractivity contribution < 1.29 is 13.5 Å². The van der Waals surface area contributed by atoms with Gasteiger partial charge in [-0.05, 0) is 47.5 Å². The van der Waals surface area contributed by atoms with Crippen LogP contribution in [0.5, 0.6) is 5.75 Å². The van der Waals surface area contributed by atoms with Crippen LogP contribution in [0.1, 0.15) is 17.0 Å². The lowest BCUT2D eigenvalue weighted by molar-refractivity contribution is 0.414. The van der Waals surface area contributed by atoms with Crippen LogP contribution in [0, 0.1) is 5.82 Å². The molecule has 3 aromatic heterocycles. The second kappa shape index (κ2) is 8.43. The molecule has 0 aliphatic rings. The predicted octanol–water partition coefficient (Wildman–Crippen LogP) is 5.50. The van der Waals surface area contributed by atoms with Gasteiger partial charge in [0.1, 0.15) is 28.0 Å². The standard InChI is InChI=1S/C25H19FN2O3S/c1-30-19-9-7-16(8-10-19)13-22-27-24-23(20(15-32-24)21-6-3-11-31-21)25(29)28(22)14-17-4-2-5-18(26)12-17/h2-12,15H,13-14H2,1H3. The number of hydrogen-bond acceptors (Lipinski definition) is 5. The van der Waals surface area contributed by atoms with E-state index in [1.54, 1.807) is 36.1 Å². The van der Waals surface area contributed by atoms with Crippen LogP contribution in [0.4, 0.5) is 4.39 Å². The summed E-state index contributed by atoms with van der Waals surface area (Å²) in [6, 6.07) is 17.5. The summed E-state index contributed by atoms with van der Waals surface area (Å²) >= 11 is 1.41. The molecule has 0 aliphatic heterocycles. The molecule has 0 saturated carbocycles. The molecule has 0 N–H and O–H groups in total. The molecule has 5 nitrogen and oxygen atoms in total. The lowest BCUT2D eigenvalue weighted by atomic mass is 10.1. The number of hydrogen-bond donors (Lipinski definition) is 0. The molecule has 0 saturated heterocycles. The summed E-state index contributed by atoms with van der Waals surface area (Å²) in [6.07, 6.45) is 2.04. The van der Waals surface area contributed by atoms with Crippen molar-refractivity contribution in [3.63, 3.8) is 0 Å². The lowest BCUT2D eigenvalue weighted by Gasteiger charge is -2.13. The SMILES string of the molecule is COc1ccc(Cc2nc3scc(-c4ccco4)c3c(=O)n2Cc2cccc(F)c2)cc1. The molecular weight excluding hydrogens is 427 g/mol. The van der Waals surface area contributed by atoms with E-state index in [2.05, 4.69) is 0 Å². The Morgan fingerprint density at radius 2 is 1.94 bits per heavy atom. The van der Waals surface area contributed by atoms with E-state index in [0.29, 0.717) is 33.8 Å². The monoisotopic (exact) mass is 446 g/mol. The highest BCUT2D eigenvalue weighted by molar-refractivity contribution is 7.17. The first-order valence-electron chi connectivity index (χ1n) is 10.0. The molecule has 7 heteroatoms. The van der Waals surface area contributed by atoms with Gasteiger partial charge in [0, 0.05) is 17.4 Å². The maximum Gasteiger partial charge on any atom is 0.263 e. The van der Waals surface area contributed by atoms with Crippen LogP contribution in [-0.2, 0) is 13.0 Å². The van der Waals surface area contributed by atoms with E-state index in [4.69, 9.17) is 14.1 Å². The molecule has 2 aromatic carbocycles. The number of ether oxygens (including phenoxy) is 1. The molecule has 0 fully saturated rings. The van der Waals surface area contributed by atoms with E-state index in [-0.39, 0.29) is 17.9 Å². The fraction of sp³-hybridized carbons (Fsp3) is 0.120. The van der Waals surface area contributed by atoms with E-state index in [9.17, 15) is 9.18 Å². The molecule has 160 valence electrons. The third-order valence-corrected chi connectivity index (χ3v) is 6.18. The van der Waals surface area contributed by atoms with Crippen molar-refractivity contribution >= 4 is 21.6 Å². The highest BCUT2D eigenvalue weighted by Crippen LogP contribution is 2.31. The van der Waals surface area contributed by atoms with Crippen molar-refractivity contribution in [1.82, 2.24) is 9.55 Å². The number of thiophene rings is 1. The van der Waals surface area contributed by atoms with E-state index in [1.165, 1.54) is 23.5 Å². The summed E-state index contributed by atoms with van der Waals surface area (Å²) in [5, 5.41) is 2.40. The summed E-state index contributed by atoms with van der Waals surface area (Å²) in [4.78, 5) is 19.2. The zero-order valence-electron chi connectivity index (χ0n) is 17.2. The molecular formula is C25H19FN2O3S. The van der Waals surface area contributed by atoms with E-state index in [0.717, 1.165) is 16.9 Å². The molecule has 5 rings (SSSR count). The molecule has 0 radical (unpaired) electrons. The zero-order valence-corrected chi connectivity index (χ0v) is 18.1. The Morgan fingerprint density at radius 1 is 1.09 bits per heavy atom. The van der Waals surface area contributed by atoms with Gasteiger partial charge in [-0.2, -0.15) is 0 Å². The van der Waals surface area contributed by atoms with Crippen LogP contribution < -0.4 is 10.3 Å². The fourth-order valence-corrected chi connectivity index (χ4v) is 4.66. The number of rotatable bonds is 6. The summed E-state index contributed by atoms with van der Waals surface area (Å²) < 4.78 is 26.2. The number of furan rings is 1. The molecule has 0 atom stereocenters. The van der Waals surface area contributed by atoms with Gasteiger partial charge in [-0.15, -0.1) is 11.3 Å². The quantitative estimate of drug-likeness (QED) is 0.345. The number of methoxy groups -OCH3 is 1. The summed E-state index contributed by atoms with van der Waals surface area (Å²) in [7, 11) is 1.62. The molecule has 0 spiro atoms. The number of nitrogens with zero attached hydrogens (tertiary/aromatic N) is 2. The van der Waals surface area contributed by atoms with Gasteiger partial charge < -0.3 is 9.15 Å². The highest BCUT2D eigenvalue weighted by Gasteiger charge is 2.19. The van der Waals surface area contributed by atoms with Crippen molar-refractivity contribution in [1.29, 1.82) is 0 Å². The Morgan fingerprint density at radius 3 is 2.66 bits per heavy atom. The van der Waals surface area contributed by atoms with Crippen LogP contribution in [0.2, 0.25) is 0 Å². The van der Waals surface area contributed by atoms with Crippen molar-refractivity contribution in [3.05, 3.63) is 105 Å². The third kappa shape index (κ3) is 3.83. The highest BCUT2D eigenvalue weighted by atomic mass is 32.1. The van der Waals surface area contributed by atoms with Gasteiger partial charge in [0.05, 0.1) is 25.3 Å². The molecule has 3 heterocycles. The molecule has 0 unspecified atom stereocenters. The van der Waals surface area contributed by atoms with Crippen LogP contribution >= 0.6 is 11.3 Å². The third-order valence-electron chi connectivity index (χ3n) is 5.31.